The van der Waals surface area contributed by atoms with Gasteiger partial charge < -0.3 is 14.5 Å². The highest BCUT2D eigenvalue weighted by molar-refractivity contribution is 5.80. The van der Waals surface area contributed by atoms with Gasteiger partial charge in [0.1, 0.15) is 5.76 Å². The first-order valence-corrected chi connectivity index (χ1v) is 11.2. The topological polar surface area (TPSA) is 15.7 Å². The van der Waals surface area contributed by atoms with Crippen molar-refractivity contribution in [3.05, 3.63) is 113 Å². The third-order valence-corrected chi connectivity index (χ3v) is 6.62. The van der Waals surface area contributed by atoms with Crippen LogP contribution in [-0.4, -0.2) is 28.2 Å². The molecule has 0 bridgehead atoms. The van der Waals surface area contributed by atoms with Crippen molar-refractivity contribution in [3.63, 3.8) is 0 Å². The maximum Gasteiger partial charge on any atom is 0.177 e. The molecule has 3 heteroatoms. The van der Waals surface area contributed by atoms with Crippen LogP contribution in [0.15, 0.2) is 90.7 Å². The quantitative estimate of drug-likeness (QED) is 0.512. The van der Waals surface area contributed by atoms with E-state index in [4.69, 9.17) is 4.74 Å². The minimum absolute atomic E-state index is 0.638. The van der Waals surface area contributed by atoms with Crippen LogP contribution in [0.1, 0.15) is 28.7 Å². The summed E-state index contributed by atoms with van der Waals surface area (Å²) in [7, 11) is 8.27. The second-order valence-electron chi connectivity index (χ2n) is 9.05. The molecule has 1 heterocycles. The van der Waals surface area contributed by atoms with Gasteiger partial charge in [0.05, 0.1) is 0 Å². The zero-order chi connectivity index (χ0) is 22.3. The Balaban J connectivity index is 1.62. The Morgan fingerprint density at radius 1 is 0.688 bits per heavy atom. The van der Waals surface area contributed by atoms with Crippen LogP contribution in [0.2, 0.25) is 0 Å². The predicted octanol–water partition coefficient (Wildman–Crippen LogP) is 6.01. The molecule has 0 fully saturated rings. The molecule has 32 heavy (non-hydrogen) atoms. The number of hydrogen-bond acceptors (Lipinski definition) is 3. The molecule has 0 unspecified atom stereocenters. The van der Waals surface area contributed by atoms with Crippen LogP contribution in [0.5, 0.6) is 0 Å². The Hall–Kier alpha value is -3.46. The molecule has 1 aliphatic heterocycles. The molecule has 1 aliphatic carbocycles. The van der Waals surface area contributed by atoms with Crippen molar-refractivity contribution in [2.75, 3.05) is 38.0 Å². The van der Waals surface area contributed by atoms with E-state index in [1.807, 2.05) is 0 Å². The van der Waals surface area contributed by atoms with Gasteiger partial charge in [0, 0.05) is 62.7 Å². The van der Waals surface area contributed by atoms with Gasteiger partial charge in [-0.15, -0.1) is 0 Å². The molecule has 0 amide bonds. The smallest absolute Gasteiger partial charge is 0.177 e. The van der Waals surface area contributed by atoms with Gasteiger partial charge in [-0.1, -0.05) is 54.6 Å². The van der Waals surface area contributed by atoms with Crippen molar-refractivity contribution in [2.24, 2.45) is 0 Å². The van der Waals surface area contributed by atoms with E-state index in [0.29, 0.717) is 0 Å². The van der Waals surface area contributed by atoms with Crippen molar-refractivity contribution in [2.45, 2.75) is 18.4 Å². The molecular formula is C29H30N2O. The van der Waals surface area contributed by atoms with Crippen LogP contribution in [0.25, 0.3) is 5.57 Å². The van der Waals surface area contributed by atoms with E-state index in [9.17, 15) is 0 Å². The number of allylic oxidation sites excluding steroid dienone is 3. The van der Waals surface area contributed by atoms with Gasteiger partial charge in [-0.25, -0.2) is 0 Å². The summed E-state index contributed by atoms with van der Waals surface area (Å²) in [6.45, 7) is 0. The van der Waals surface area contributed by atoms with Crippen LogP contribution in [0.4, 0.5) is 11.4 Å². The van der Waals surface area contributed by atoms with Gasteiger partial charge >= 0.3 is 0 Å². The molecule has 3 nitrogen and oxygen atoms in total. The highest BCUT2D eigenvalue weighted by Crippen LogP contribution is 2.46. The molecule has 2 aliphatic rings. The number of nitrogens with zero attached hydrogens (tertiary/aromatic N) is 2. The zero-order valence-electron chi connectivity index (χ0n) is 19.3. The summed E-state index contributed by atoms with van der Waals surface area (Å²) in [5.41, 5.74) is 7.92. The highest BCUT2D eigenvalue weighted by atomic mass is 16.5. The number of anilines is 2. The Morgan fingerprint density at radius 2 is 1.25 bits per heavy atom. The summed E-state index contributed by atoms with van der Waals surface area (Å²) in [6, 6.07) is 26.1. The zero-order valence-corrected chi connectivity index (χ0v) is 19.3. The Kier molecular flexibility index (Phi) is 5.05. The first-order chi connectivity index (χ1) is 15.5. The highest BCUT2D eigenvalue weighted by Gasteiger charge is 2.39. The van der Waals surface area contributed by atoms with Gasteiger partial charge in [-0.2, -0.15) is 0 Å². The van der Waals surface area contributed by atoms with E-state index in [-0.39, 0.29) is 0 Å². The number of benzene rings is 3. The normalized spacial score (nSPS) is 16.1. The summed E-state index contributed by atoms with van der Waals surface area (Å²) in [6.07, 6.45) is 6.45. The first-order valence-electron chi connectivity index (χ1n) is 11.2. The van der Waals surface area contributed by atoms with E-state index < -0.39 is 5.60 Å². The molecular weight excluding hydrogens is 392 g/mol. The number of hydrogen-bond donors (Lipinski definition) is 0. The lowest BCUT2D eigenvalue weighted by Gasteiger charge is -2.39. The van der Waals surface area contributed by atoms with E-state index >= 15 is 0 Å². The molecule has 0 aromatic heterocycles. The minimum Gasteiger partial charge on any atom is -0.477 e. The largest absolute Gasteiger partial charge is 0.477 e. The monoisotopic (exact) mass is 422 g/mol. The van der Waals surface area contributed by atoms with Crippen LogP contribution in [0.3, 0.4) is 0 Å². The fourth-order valence-electron chi connectivity index (χ4n) is 4.74. The maximum absolute atomic E-state index is 6.97. The van der Waals surface area contributed by atoms with Crippen LogP contribution >= 0.6 is 0 Å². The van der Waals surface area contributed by atoms with Crippen molar-refractivity contribution in [1.82, 2.24) is 0 Å². The van der Waals surface area contributed by atoms with Crippen molar-refractivity contribution in [3.8, 4) is 0 Å². The predicted molar refractivity (Wildman–Crippen MR) is 134 cm³/mol. The molecule has 162 valence electrons. The molecule has 0 saturated heterocycles. The lowest BCUT2D eigenvalue weighted by molar-refractivity contribution is 0.0702. The summed E-state index contributed by atoms with van der Waals surface area (Å²) < 4.78 is 6.97. The van der Waals surface area contributed by atoms with E-state index in [0.717, 1.165) is 29.7 Å². The fourth-order valence-corrected chi connectivity index (χ4v) is 4.74. The molecule has 0 saturated carbocycles. The van der Waals surface area contributed by atoms with E-state index in [2.05, 4.69) is 123 Å². The average molecular weight is 423 g/mol. The minimum atomic E-state index is -0.638. The summed E-state index contributed by atoms with van der Waals surface area (Å²) in [4.78, 5) is 4.25. The number of fused-ring (bicyclic) bond motifs is 2. The third kappa shape index (κ3) is 3.38. The molecule has 0 N–H and O–H groups in total. The van der Waals surface area contributed by atoms with Crippen LogP contribution in [0, 0.1) is 0 Å². The Labute approximate surface area is 191 Å². The van der Waals surface area contributed by atoms with Gasteiger partial charge in [-0.05, 0) is 47.9 Å². The van der Waals surface area contributed by atoms with Gasteiger partial charge in [0.15, 0.2) is 5.60 Å². The van der Waals surface area contributed by atoms with Crippen molar-refractivity contribution >= 4 is 16.9 Å². The summed E-state index contributed by atoms with van der Waals surface area (Å²) >= 11 is 0. The molecule has 0 atom stereocenters. The first kappa shape index (κ1) is 20.4. The number of aryl methyl sites for hydroxylation is 1. The number of rotatable bonds is 4. The molecule has 3 aromatic carbocycles. The molecule has 3 aromatic rings. The van der Waals surface area contributed by atoms with Crippen LogP contribution in [-0.2, 0) is 16.8 Å². The SMILES string of the molecule is CN(C)c1ccc(C2(c3ccc(N(C)C)cc3)C=CC3=C(CCc4ccccc43)O2)cc1. The summed E-state index contributed by atoms with van der Waals surface area (Å²) in [5.74, 6) is 1.08. The number of ether oxygens (including phenoxy) is 1. The average Bonchev–Trinajstić information content (AvgIpc) is 2.83. The van der Waals surface area contributed by atoms with Gasteiger partial charge in [0.2, 0.25) is 0 Å². The second-order valence-corrected chi connectivity index (χ2v) is 9.05. The van der Waals surface area contributed by atoms with E-state index in [1.165, 1.54) is 28.1 Å². The van der Waals surface area contributed by atoms with E-state index in [1.54, 1.807) is 0 Å². The standard InChI is InChI=1S/C29H30N2O/c1-30(2)24-14-10-22(11-15-24)29(23-12-16-25(17-13-23)31(3)4)20-19-27-26-8-6-5-7-21(26)9-18-28(27)32-29/h5-8,10-17,19-20H,9,18H2,1-4H3. The third-order valence-electron chi connectivity index (χ3n) is 6.62. The summed E-state index contributed by atoms with van der Waals surface area (Å²) in [5, 5.41) is 0. The lowest BCUT2D eigenvalue weighted by Crippen LogP contribution is -2.32. The molecule has 0 spiro atoms. The van der Waals surface area contributed by atoms with Crippen LogP contribution < -0.4 is 9.80 Å². The van der Waals surface area contributed by atoms with Gasteiger partial charge in [0.25, 0.3) is 0 Å². The lowest BCUT2D eigenvalue weighted by atomic mass is 9.80. The Morgan fingerprint density at radius 3 is 1.81 bits per heavy atom. The second kappa shape index (κ2) is 7.90. The van der Waals surface area contributed by atoms with Crippen molar-refractivity contribution < 1.29 is 4.74 Å². The van der Waals surface area contributed by atoms with Gasteiger partial charge in [-0.3, -0.25) is 0 Å². The van der Waals surface area contributed by atoms with Crippen molar-refractivity contribution in [1.29, 1.82) is 0 Å². The maximum atomic E-state index is 6.97. The Bertz CT molecular complexity index is 1130. The molecule has 5 rings (SSSR count). The fraction of sp³-hybridized carbons (Fsp3) is 0.241. The molecule has 0 radical (unpaired) electrons.